The molecule has 2 aliphatic carbocycles. The van der Waals surface area contributed by atoms with Gasteiger partial charge in [0.25, 0.3) is 5.56 Å². The van der Waals surface area contributed by atoms with E-state index in [1.165, 1.54) is 44.9 Å². The smallest absolute Gasteiger partial charge is 0.283 e. The van der Waals surface area contributed by atoms with E-state index < -0.39 is 0 Å². The summed E-state index contributed by atoms with van der Waals surface area (Å²) in [6, 6.07) is 0.476. The molecule has 0 unspecified atom stereocenters. The zero-order valence-corrected chi connectivity index (χ0v) is 14.2. The average molecular weight is 354 g/mol. The predicted molar refractivity (Wildman–Crippen MR) is 88.6 cm³/mol. The second-order valence-electron chi connectivity index (χ2n) is 6.57. The van der Waals surface area contributed by atoms with Crippen LogP contribution in [0.1, 0.15) is 51.9 Å². The van der Waals surface area contributed by atoms with E-state index in [1.54, 1.807) is 10.9 Å². The third kappa shape index (κ3) is 3.68. The summed E-state index contributed by atoms with van der Waals surface area (Å²) in [6.07, 6.45) is 10.5. The zero-order chi connectivity index (χ0) is 14.8. The van der Waals surface area contributed by atoms with Crippen molar-refractivity contribution in [3.63, 3.8) is 0 Å². The first kappa shape index (κ1) is 15.1. The highest BCUT2D eigenvalue weighted by Gasteiger charge is 2.24. The van der Waals surface area contributed by atoms with E-state index in [0.29, 0.717) is 16.4 Å². The molecule has 0 saturated heterocycles. The monoisotopic (exact) mass is 353 g/mol. The SMILES string of the molecule is CCC1CCC(Nc2cnn(CC3CC3)c(=O)c2Br)CC1. The van der Waals surface area contributed by atoms with E-state index in [2.05, 4.69) is 33.3 Å². The topological polar surface area (TPSA) is 46.9 Å². The van der Waals surface area contributed by atoms with Crippen molar-refractivity contribution >= 4 is 21.6 Å². The molecule has 0 amide bonds. The predicted octanol–water partition coefficient (Wildman–Crippen LogP) is 3.80. The fourth-order valence-electron chi connectivity index (χ4n) is 3.18. The van der Waals surface area contributed by atoms with Crippen molar-refractivity contribution in [2.45, 2.75) is 64.5 Å². The third-order valence-corrected chi connectivity index (χ3v) is 5.66. The molecule has 4 nitrogen and oxygen atoms in total. The minimum Gasteiger partial charge on any atom is -0.380 e. The van der Waals surface area contributed by atoms with Crippen molar-refractivity contribution in [2.24, 2.45) is 11.8 Å². The van der Waals surface area contributed by atoms with Gasteiger partial charge in [-0.3, -0.25) is 4.79 Å². The van der Waals surface area contributed by atoms with Crippen molar-refractivity contribution < 1.29 is 0 Å². The summed E-state index contributed by atoms with van der Waals surface area (Å²) in [6.45, 7) is 3.04. The fourth-order valence-corrected chi connectivity index (χ4v) is 3.60. The molecule has 1 aromatic rings. The highest BCUT2D eigenvalue weighted by molar-refractivity contribution is 9.10. The number of nitrogens with zero attached hydrogens (tertiary/aromatic N) is 2. The Morgan fingerprint density at radius 2 is 1.90 bits per heavy atom. The van der Waals surface area contributed by atoms with Crippen LogP contribution in [-0.2, 0) is 6.54 Å². The van der Waals surface area contributed by atoms with E-state index in [4.69, 9.17) is 0 Å². The van der Waals surface area contributed by atoms with Gasteiger partial charge < -0.3 is 5.32 Å². The highest BCUT2D eigenvalue weighted by atomic mass is 79.9. The van der Waals surface area contributed by atoms with Gasteiger partial charge in [0.15, 0.2) is 0 Å². The molecule has 0 spiro atoms. The summed E-state index contributed by atoms with van der Waals surface area (Å²) in [7, 11) is 0. The van der Waals surface area contributed by atoms with Crippen LogP contribution in [-0.4, -0.2) is 15.8 Å². The Balaban J connectivity index is 1.65. The summed E-state index contributed by atoms with van der Waals surface area (Å²) in [5, 5.41) is 7.84. The quantitative estimate of drug-likeness (QED) is 0.875. The van der Waals surface area contributed by atoms with Gasteiger partial charge in [-0.2, -0.15) is 5.10 Å². The van der Waals surface area contributed by atoms with E-state index in [1.807, 2.05) is 0 Å². The molecule has 0 atom stereocenters. The molecule has 2 saturated carbocycles. The van der Waals surface area contributed by atoms with E-state index >= 15 is 0 Å². The van der Waals surface area contributed by atoms with Crippen molar-refractivity contribution in [2.75, 3.05) is 5.32 Å². The second-order valence-corrected chi connectivity index (χ2v) is 7.37. The summed E-state index contributed by atoms with van der Waals surface area (Å²) in [5.74, 6) is 1.54. The molecular formula is C16H24BrN3O. The average Bonchev–Trinajstić information content (AvgIpc) is 3.32. The molecule has 2 fully saturated rings. The fraction of sp³-hybridized carbons (Fsp3) is 0.750. The molecule has 0 aliphatic heterocycles. The van der Waals surface area contributed by atoms with Crippen LogP contribution in [0.2, 0.25) is 0 Å². The maximum absolute atomic E-state index is 12.3. The lowest BCUT2D eigenvalue weighted by Gasteiger charge is -2.29. The van der Waals surface area contributed by atoms with Crippen LogP contribution >= 0.6 is 15.9 Å². The van der Waals surface area contributed by atoms with Gasteiger partial charge in [-0.25, -0.2) is 4.68 Å². The lowest BCUT2D eigenvalue weighted by molar-refractivity contribution is 0.330. The van der Waals surface area contributed by atoms with Gasteiger partial charge in [0.2, 0.25) is 0 Å². The normalized spacial score (nSPS) is 25.8. The molecule has 116 valence electrons. The number of halogens is 1. The van der Waals surface area contributed by atoms with E-state index in [0.717, 1.165) is 18.2 Å². The summed E-state index contributed by atoms with van der Waals surface area (Å²) in [5.41, 5.74) is 0.848. The zero-order valence-electron chi connectivity index (χ0n) is 12.6. The first-order valence-electron chi connectivity index (χ1n) is 8.19. The Bertz CT molecular complexity index is 545. The van der Waals surface area contributed by atoms with Crippen molar-refractivity contribution in [3.05, 3.63) is 21.0 Å². The van der Waals surface area contributed by atoms with E-state index in [9.17, 15) is 4.79 Å². The molecule has 5 heteroatoms. The van der Waals surface area contributed by atoms with Crippen LogP contribution in [0.3, 0.4) is 0 Å². The minimum absolute atomic E-state index is 0.00542. The minimum atomic E-state index is -0.00542. The first-order chi connectivity index (χ1) is 10.2. The van der Waals surface area contributed by atoms with Gasteiger partial charge in [0.05, 0.1) is 11.9 Å². The lowest BCUT2D eigenvalue weighted by atomic mass is 9.84. The Morgan fingerprint density at radius 1 is 1.24 bits per heavy atom. The Kier molecular flexibility index (Phi) is 4.67. The summed E-state index contributed by atoms with van der Waals surface area (Å²) >= 11 is 3.46. The van der Waals surface area contributed by atoms with Gasteiger partial charge in [-0.05, 0) is 66.3 Å². The van der Waals surface area contributed by atoms with Gasteiger partial charge in [-0.1, -0.05) is 13.3 Å². The molecule has 3 rings (SSSR count). The van der Waals surface area contributed by atoms with Crippen LogP contribution < -0.4 is 10.9 Å². The van der Waals surface area contributed by atoms with Crippen molar-refractivity contribution in [1.82, 2.24) is 9.78 Å². The maximum atomic E-state index is 12.3. The molecule has 1 heterocycles. The molecule has 21 heavy (non-hydrogen) atoms. The van der Waals surface area contributed by atoms with Crippen molar-refractivity contribution in [3.8, 4) is 0 Å². The standard InChI is InChI=1S/C16H24BrN3O/c1-2-11-5-7-13(8-6-11)19-14-9-18-20(10-12-3-4-12)16(21)15(14)17/h9,11-13,19H,2-8,10H2,1H3. The van der Waals surface area contributed by atoms with Crippen LogP contribution in [0.5, 0.6) is 0 Å². The van der Waals surface area contributed by atoms with Crippen LogP contribution in [0.4, 0.5) is 5.69 Å². The maximum Gasteiger partial charge on any atom is 0.283 e. The number of hydrogen-bond donors (Lipinski definition) is 1. The van der Waals surface area contributed by atoms with Crippen molar-refractivity contribution in [1.29, 1.82) is 0 Å². The molecular weight excluding hydrogens is 330 g/mol. The molecule has 0 aromatic carbocycles. The molecule has 1 N–H and O–H groups in total. The third-order valence-electron chi connectivity index (χ3n) is 4.90. The molecule has 2 aliphatic rings. The first-order valence-corrected chi connectivity index (χ1v) is 8.98. The molecule has 0 radical (unpaired) electrons. The molecule has 1 aromatic heterocycles. The van der Waals surface area contributed by atoms with Crippen LogP contribution in [0, 0.1) is 11.8 Å². The van der Waals surface area contributed by atoms with Gasteiger partial charge in [-0.15, -0.1) is 0 Å². The van der Waals surface area contributed by atoms with Crippen LogP contribution in [0.25, 0.3) is 0 Å². The van der Waals surface area contributed by atoms with Gasteiger partial charge in [0, 0.05) is 12.6 Å². The lowest BCUT2D eigenvalue weighted by Crippen LogP contribution is -2.29. The highest BCUT2D eigenvalue weighted by Crippen LogP contribution is 2.31. The number of nitrogens with one attached hydrogen (secondary N) is 1. The summed E-state index contributed by atoms with van der Waals surface area (Å²) in [4.78, 5) is 12.3. The van der Waals surface area contributed by atoms with E-state index in [-0.39, 0.29) is 5.56 Å². The largest absolute Gasteiger partial charge is 0.380 e. The van der Waals surface area contributed by atoms with Crippen LogP contribution in [0.15, 0.2) is 15.5 Å². The molecule has 0 bridgehead atoms. The van der Waals surface area contributed by atoms with Gasteiger partial charge >= 0.3 is 0 Å². The number of anilines is 1. The second kappa shape index (κ2) is 6.51. The Morgan fingerprint density at radius 3 is 2.52 bits per heavy atom. The summed E-state index contributed by atoms with van der Waals surface area (Å²) < 4.78 is 2.23. The Labute approximate surface area is 134 Å². The number of rotatable bonds is 5. The van der Waals surface area contributed by atoms with Gasteiger partial charge in [0.1, 0.15) is 4.47 Å². The number of aromatic nitrogens is 2. The Hall–Kier alpha value is -0.840. The number of hydrogen-bond acceptors (Lipinski definition) is 3.